The first-order chi connectivity index (χ1) is 10.2. The zero-order chi connectivity index (χ0) is 14.7. The average molecular weight is 284 g/mol. The molecular weight excluding hydrogens is 267 g/mol. The van der Waals surface area contributed by atoms with E-state index in [0.717, 1.165) is 17.8 Å². The largest absolute Gasteiger partial charge is 0.384 e. The highest BCUT2D eigenvalue weighted by Crippen LogP contribution is 2.32. The van der Waals surface area contributed by atoms with Gasteiger partial charge in [0.05, 0.1) is 0 Å². The zero-order valence-electron chi connectivity index (χ0n) is 11.6. The van der Waals surface area contributed by atoms with Crippen molar-refractivity contribution in [2.45, 2.75) is 18.9 Å². The molecule has 2 aromatic rings. The summed E-state index contributed by atoms with van der Waals surface area (Å²) in [6, 6.07) is 14.2. The predicted octanol–water partition coefficient (Wildman–Crippen LogP) is 3.04. The van der Waals surface area contributed by atoms with Gasteiger partial charge < -0.3 is 10.6 Å². The van der Waals surface area contributed by atoms with E-state index in [1.807, 2.05) is 18.2 Å². The van der Waals surface area contributed by atoms with Crippen molar-refractivity contribution in [2.75, 3.05) is 11.9 Å². The Morgan fingerprint density at radius 2 is 1.95 bits per heavy atom. The molecule has 0 aliphatic carbocycles. The van der Waals surface area contributed by atoms with Crippen molar-refractivity contribution in [3.8, 4) is 0 Å². The molecule has 1 heterocycles. The van der Waals surface area contributed by atoms with Gasteiger partial charge in [-0.05, 0) is 29.3 Å². The standard InChI is InChI=1S/C17H17FN2O/c18-14-7-5-12(6-8-14)10-20-17(21)9-13-11-19-16-4-2-1-3-15(13)16/h1-8,13,19H,9-11H2,(H,20,21). The number of amides is 1. The van der Waals surface area contributed by atoms with Crippen LogP contribution in [-0.4, -0.2) is 12.5 Å². The highest BCUT2D eigenvalue weighted by molar-refractivity contribution is 5.78. The summed E-state index contributed by atoms with van der Waals surface area (Å²) in [6.45, 7) is 1.23. The Hall–Kier alpha value is -2.36. The summed E-state index contributed by atoms with van der Waals surface area (Å²) in [5.41, 5.74) is 3.22. The molecule has 0 fully saturated rings. The first-order valence-electron chi connectivity index (χ1n) is 7.06. The van der Waals surface area contributed by atoms with Crippen molar-refractivity contribution >= 4 is 11.6 Å². The lowest BCUT2D eigenvalue weighted by Gasteiger charge is -2.10. The number of anilines is 1. The minimum Gasteiger partial charge on any atom is -0.384 e. The summed E-state index contributed by atoms with van der Waals surface area (Å²) in [5, 5.41) is 6.20. The zero-order valence-corrected chi connectivity index (χ0v) is 11.6. The van der Waals surface area contributed by atoms with Gasteiger partial charge in [0.15, 0.2) is 0 Å². The number of nitrogens with one attached hydrogen (secondary N) is 2. The molecule has 3 rings (SSSR count). The summed E-state index contributed by atoms with van der Waals surface area (Å²) in [4.78, 5) is 12.0. The van der Waals surface area contributed by atoms with E-state index in [1.54, 1.807) is 12.1 Å². The van der Waals surface area contributed by atoms with Crippen molar-refractivity contribution < 1.29 is 9.18 Å². The van der Waals surface area contributed by atoms with Crippen LogP contribution < -0.4 is 10.6 Å². The highest BCUT2D eigenvalue weighted by Gasteiger charge is 2.23. The normalized spacial score (nSPS) is 16.1. The fourth-order valence-corrected chi connectivity index (χ4v) is 2.64. The molecule has 0 aromatic heterocycles. The molecule has 1 aliphatic heterocycles. The number of fused-ring (bicyclic) bond motifs is 1. The Balaban J connectivity index is 1.54. The molecule has 1 atom stereocenters. The van der Waals surface area contributed by atoms with Crippen LogP contribution in [0.15, 0.2) is 48.5 Å². The third-order valence-electron chi connectivity index (χ3n) is 3.77. The number of halogens is 1. The van der Waals surface area contributed by atoms with Crippen LogP contribution in [0, 0.1) is 5.82 Å². The number of rotatable bonds is 4. The lowest BCUT2D eigenvalue weighted by atomic mass is 9.97. The molecule has 108 valence electrons. The van der Waals surface area contributed by atoms with Gasteiger partial charge in [-0.25, -0.2) is 4.39 Å². The molecule has 21 heavy (non-hydrogen) atoms. The second kappa shape index (κ2) is 5.95. The van der Waals surface area contributed by atoms with Crippen LogP contribution >= 0.6 is 0 Å². The van der Waals surface area contributed by atoms with Crippen LogP contribution in [0.5, 0.6) is 0 Å². The minimum atomic E-state index is -0.265. The molecule has 2 aromatic carbocycles. The summed E-state index contributed by atoms with van der Waals surface area (Å²) >= 11 is 0. The van der Waals surface area contributed by atoms with Gasteiger partial charge in [-0.3, -0.25) is 4.79 Å². The maximum Gasteiger partial charge on any atom is 0.220 e. The van der Waals surface area contributed by atoms with E-state index in [-0.39, 0.29) is 17.6 Å². The smallest absolute Gasteiger partial charge is 0.220 e. The Morgan fingerprint density at radius 3 is 2.76 bits per heavy atom. The maximum absolute atomic E-state index is 12.8. The van der Waals surface area contributed by atoms with Gasteiger partial charge in [-0.1, -0.05) is 30.3 Å². The van der Waals surface area contributed by atoms with Gasteiger partial charge >= 0.3 is 0 Å². The molecule has 2 N–H and O–H groups in total. The van der Waals surface area contributed by atoms with Crippen molar-refractivity contribution in [3.05, 3.63) is 65.5 Å². The van der Waals surface area contributed by atoms with E-state index in [0.29, 0.717) is 13.0 Å². The maximum atomic E-state index is 12.8. The van der Waals surface area contributed by atoms with Gasteiger partial charge in [-0.2, -0.15) is 0 Å². The topological polar surface area (TPSA) is 41.1 Å². The quantitative estimate of drug-likeness (QED) is 0.906. The number of carbonyl (C=O) groups is 1. The highest BCUT2D eigenvalue weighted by atomic mass is 19.1. The third kappa shape index (κ3) is 3.21. The molecule has 0 saturated carbocycles. The van der Waals surface area contributed by atoms with Gasteiger partial charge in [0, 0.05) is 31.1 Å². The van der Waals surface area contributed by atoms with Crippen LogP contribution in [0.1, 0.15) is 23.5 Å². The van der Waals surface area contributed by atoms with Crippen molar-refractivity contribution in [1.82, 2.24) is 5.32 Å². The van der Waals surface area contributed by atoms with Gasteiger partial charge in [0.1, 0.15) is 5.82 Å². The van der Waals surface area contributed by atoms with E-state index < -0.39 is 0 Å². The predicted molar refractivity (Wildman–Crippen MR) is 80.5 cm³/mol. The lowest BCUT2D eigenvalue weighted by Crippen LogP contribution is -2.25. The minimum absolute atomic E-state index is 0.0165. The molecule has 4 heteroatoms. The lowest BCUT2D eigenvalue weighted by molar-refractivity contribution is -0.121. The number of para-hydroxylation sites is 1. The second-order valence-corrected chi connectivity index (χ2v) is 5.27. The molecule has 0 spiro atoms. The molecule has 0 bridgehead atoms. The van der Waals surface area contributed by atoms with E-state index in [9.17, 15) is 9.18 Å². The van der Waals surface area contributed by atoms with Gasteiger partial charge in [0.25, 0.3) is 0 Å². The average Bonchev–Trinajstić information content (AvgIpc) is 2.90. The van der Waals surface area contributed by atoms with Crippen LogP contribution in [0.3, 0.4) is 0 Å². The van der Waals surface area contributed by atoms with Crippen LogP contribution in [0.2, 0.25) is 0 Å². The molecule has 0 radical (unpaired) electrons. The van der Waals surface area contributed by atoms with Crippen molar-refractivity contribution in [1.29, 1.82) is 0 Å². The van der Waals surface area contributed by atoms with Gasteiger partial charge in [0.2, 0.25) is 5.91 Å². The summed E-state index contributed by atoms with van der Waals surface area (Å²) in [6.07, 6.45) is 0.464. The van der Waals surface area contributed by atoms with E-state index in [4.69, 9.17) is 0 Å². The molecule has 0 saturated heterocycles. The Bertz CT molecular complexity index is 639. The van der Waals surface area contributed by atoms with Crippen molar-refractivity contribution in [2.24, 2.45) is 0 Å². The summed E-state index contributed by atoms with van der Waals surface area (Å²) < 4.78 is 12.8. The molecule has 1 amide bonds. The Morgan fingerprint density at radius 1 is 1.19 bits per heavy atom. The molecule has 3 nitrogen and oxygen atoms in total. The van der Waals surface area contributed by atoms with E-state index in [2.05, 4.69) is 16.7 Å². The third-order valence-corrected chi connectivity index (χ3v) is 3.77. The molecule has 1 aliphatic rings. The molecular formula is C17H17FN2O. The summed E-state index contributed by atoms with van der Waals surface area (Å²) in [5.74, 6) is -0.0315. The van der Waals surface area contributed by atoms with E-state index >= 15 is 0 Å². The van der Waals surface area contributed by atoms with Crippen molar-refractivity contribution in [3.63, 3.8) is 0 Å². The first-order valence-corrected chi connectivity index (χ1v) is 7.06. The number of hydrogen-bond acceptors (Lipinski definition) is 2. The van der Waals surface area contributed by atoms with E-state index in [1.165, 1.54) is 17.7 Å². The summed E-state index contributed by atoms with van der Waals surface area (Å²) in [7, 11) is 0. The first kappa shape index (κ1) is 13.6. The second-order valence-electron chi connectivity index (χ2n) is 5.27. The Labute approximate surface area is 123 Å². The SMILES string of the molecule is O=C(CC1CNc2ccccc21)NCc1ccc(F)cc1. The number of carbonyl (C=O) groups excluding carboxylic acids is 1. The van der Waals surface area contributed by atoms with Crippen LogP contribution in [0.4, 0.5) is 10.1 Å². The van der Waals surface area contributed by atoms with Crippen LogP contribution in [0.25, 0.3) is 0 Å². The monoisotopic (exact) mass is 284 g/mol. The number of hydrogen-bond donors (Lipinski definition) is 2. The fraction of sp³-hybridized carbons (Fsp3) is 0.235. The number of benzene rings is 2. The Kier molecular flexibility index (Phi) is 3.86. The van der Waals surface area contributed by atoms with Crippen LogP contribution in [-0.2, 0) is 11.3 Å². The van der Waals surface area contributed by atoms with Gasteiger partial charge in [-0.15, -0.1) is 0 Å². The molecule has 1 unspecified atom stereocenters. The fourth-order valence-electron chi connectivity index (χ4n) is 2.64.